The molecule has 1 rings (SSSR count). The zero-order chi connectivity index (χ0) is 12.2. The molecule has 3 heteroatoms. The van der Waals surface area contributed by atoms with Crippen LogP contribution in [0.1, 0.15) is 59.3 Å². The average molecular weight is 290 g/mol. The van der Waals surface area contributed by atoms with E-state index < -0.39 is 4.32 Å². The Morgan fingerprint density at radius 3 is 2.38 bits per heavy atom. The molecule has 1 fully saturated rings. The molecule has 0 aliphatic heterocycles. The summed E-state index contributed by atoms with van der Waals surface area (Å²) in [6, 6.07) is 0.365. The van der Waals surface area contributed by atoms with E-state index >= 15 is 0 Å². The molecular formula is C13H24BrNO. The summed E-state index contributed by atoms with van der Waals surface area (Å²) in [6.45, 7) is 5.96. The van der Waals surface area contributed by atoms with Crippen LogP contribution in [0.3, 0.4) is 0 Å². The van der Waals surface area contributed by atoms with Crippen molar-refractivity contribution in [3.8, 4) is 0 Å². The molecule has 0 aromatic carbocycles. The molecule has 1 unspecified atom stereocenters. The highest BCUT2D eigenvalue weighted by Gasteiger charge is 2.29. The van der Waals surface area contributed by atoms with Gasteiger partial charge < -0.3 is 5.32 Å². The Balaban J connectivity index is 2.50. The second-order valence-corrected chi connectivity index (χ2v) is 7.34. The second kappa shape index (κ2) is 6.04. The summed E-state index contributed by atoms with van der Waals surface area (Å²) in [4.78, 5) is 11.9. The minimum atomic E-state index is -0.449. The molecule has 1 aliphatic carbocycles. The molecule has 2 nitrogen and oxygen atoms in total. The molecule has 1 N–H and O–H groups in total. The quantitative estimate of drug-likeness (QED) is 0.787. The maximum atomic E-state index is 11.9. The fraction of sp³-hybridized carbons (Fsp3) is 0.923. The number of alkyl halides is 1. The van der Waals surface area contributed by atoms with E-state index in [9.17, 15) is 4.79 Å². The third kappa shape index (κ3) is 4.08. The predicted molar refractivity (Wildman–Crippen MR) is 71.8 cm³/mol. The summed E-state index contributed by atoms with van der Waals surface area (Å²) in [5.74, 6) is 0.808. The zero-order valence-electron chi connectivity index (χ0n) is 10.7. The lowest BCUT2D eigenvalue weighted by Crippen LogP contribution is -2.46. The Morgan fingerprint density at radius 2 is 1.94 bits per heavy atom. The number of halogens is 1. The Labute approximate surface area is 108 Å². The molecule has 0 saturated heterocycles. The molecule has 94 valence electrons. The first-order valence-corrected chi connectivity index (χ1v) is 7.24. The second-order valence-electron chi connectivity index (χ2n) is 5.36. The number of rotatable bonds is 4. The van der Waals surface area contributed by atoms with Gasteiger partial charge in [0.2, 0.25) is 5.91 Å². The number of hydrogen-bond acceptors (Lipinski definition) is 1. The molecule has 1 aliphatic rings. The normalized spacial score (nSPS) is 20.5. The standard InChI is InChI=1S/C13H24BrNO/c1-4-11(10-8-6-5-7-9-10)15-12(16)13(2,3)14/h10-11H,4-9H2,1-3H3,(H,15,16). The van der Waals surface area contributed by atoms with Crippen LogP contribution >= 0.6 is 15.9 Å². The van der Waals surface area contributed by atoms with Gasteiger partial charge in [-0.15, -0.1) is 0 Å². The fourth-order valence-corrected chi connectivity index (χ4v) is 2.54. The van der Waals surface area contributed by atoms with Gasteiger partial charge in [0, 0.05) is 6.04 Å². The lowest BCUT2D eigenvalue weighted by Gasteiger charge is -2.32. The Hall–Kier alpha value is -0.0500. The number of hydrogen-bond donors (Lipinski definition) is 1. The van der Waals surface area contributed by atoms with E-state index in [1.807, 2.05) is 13.8 Å². The molecular weight excluding hydrogens is 266 g/mol. The van der Waals surface area contributed by atoms with Crippen molar-refractivity contribution >= 4 is 21.8 Å². The third-order valence-corrected chi connectivity index (χ3v) is 3.88. The maximum Gasteiger partial charge on any atom is 0.236 e. The molecule has 0 bridgehead atoms. The molecule has 0 aromatic rings. The van der Waals surface area contributed by atoms with Crippen molar-refractivity contribution in [3.63, 3.8) is 0 Å². The van der Waals surface area contributed by atoms with Crippen LogP contribution in [0.25, 0.3) is 0 Å². The minimum Gasteiger partial charge on any atom is -0.352 e. The molecule has 1 amide bonds. The monoisotopic (exact) mass is 289 g/mol. The highest BCUT2D eigenvalue weighted by Crippen LogP contribution is 2.28. The van der Waals surface area contributed by atoms with Crippen LogP contribution in [0.5, 0.6) is 0 Å². The van der Waals surface area contributed by atoms with Gasteiger partial charge in [-0.25, -0.2) is 0 Å². The van der Waals surface area contributed by atoms with Gasteiger partial charge in [-0.1, -0.05) is 42.1 Å². The number of nitrogens with one attached hydrogen (secondary N) is 1. The number of amides is 1. The van der Waals surface area contributed by atoms with Crippen LogP contribution in [0.2, 0.25) is 0 Å². The predicted octanol–water partition coefficient (Wildman–Crippen LogP) is 3.64. The zero-order valence-corrected chi connectivity index (χ0v) is 12.3. The van der Waals surface area contributed by atoms with Gasteiger partial charge in [0.25, 0.3) is 0 Å². The van der Waals surface area contributed by atoms with E-state index in [0.29, 0.717) is 12.0 Å². The molecule has 1 saturated carbocycles. The van der Waals surface area contributed by atoms with Crippen molar-refractivity contribution in [2.75, 3.05) is 0 Å². The highest BCUT2D eigenvalue weighted by atomic mass is 79.9. The van der Waals surface area contributed by atoms with Crippen LogP contribution in [-0.2, 0) is 4.79 Å². The van der Waals surface area contributed by atoms with Gasteiger partial charge >= 0.3 is 0 Å². The molecule has 0 heterocycles. The molecule has 16 heavy (non-hydrogen) atoms. The van der Waals surface area contributed by atoms with E-state index in [4.69, 9.17) is 0 Å². The summed E-state index contributed by atoms with van der Waals surface area (Å²) < 4.78 is -0.449. The van der Waals surface area contributed by atoms with Crippen LogP contribution in [0, 0.1) is 5.92 Å². The average Bonchev–Trinajstić information content (AvgIpc) is 2.25. The summed E-state index contributed by atoms with van der Waals surface area (Å²) in [5.41, 5.74) is 0. The van der Waals surface area contributed by atoms with Crippen LogP contribution in [0.15, 0.2) is 0 Å². The summed E-state index contributed by atoms with van der Waals surface area (Å²) in [7, 11) is 0. The first kappa shape index (κ1) is 14.0. The van der Waals surface area contributed by atoms with Gasteiger partial charge in [-0.2, -0.15) is 0 Å². The van der Waals surface area contributed by atoms with Crippen LogP contribution in [-0.4, -0.2) is 16.3 Å². The molecule has 1 atom stereocenters. The van der Waals surface area contributed by atoms with E-state index in [-0.39, 0.29) is 5.91 Å². The first-order valence-electron chi connectivity index (χ1n) is 6.45. The van der Waals surface area contributed by atoms with Crippen molar-refractivity contribution in [3.05, 3.63) is 0 Å². The van der Waals surface area contributed by atoms with Crippen molar-refractivity contribution < 1.29 is 4.79 Å². The van der Waals surface area contributed by atoms with Gasteiger partial charge in [-0.05, 0) is 39.0 Å². The Morgan fingerprint density at radius 1 is 1.38 bits per heavy atom. The SMILES string of the molecule is CCC(NC(=O)C(C)(C)Br)C1CCCCC1. The lowest BCUT2D eigenvalue weighted by atomic mass is 9.83. The Kier molecular flexibility index (Phi) is 5.29. The van der Waals surface area contributed by atoms with E-state index in [1.54, 1.807) is 0 Å². The lowest BCUT2D eigenvalue weighted by molar-refractivity contribution is -0.123. The van der Waals surface area contributed by atoms with Gasteiger partial charge in [0.15, 0.2) is 0 Å². The summed E-state index contributed by atoms with van der Waals surface area (Å²) in [5, 5.41) is 3.19. The molecule has 0 aromatic heterocycles. The summed E-state index contributed by atoms with van der Waals surface area (Å²) in [6.07, 6.45) is 7.62. The first-order chi connectivity index (χ1) is 7.45. The van der Waals surface area contributed by atoms with E-state index in [0.717, 1.165) is 6.42 Å². The van der Waals surface area contributed by atoms with Crippen molar-refractivity contribution in [2.45, 2.75) is 69.7 Å². The van der Waals surface area contributed by atoms with Crippen LogP contribution < -0.4 is 5.32 Å². The number of carbonyl (C=O) groups is 1. The minimum absolute atomic E-state index is 0.116. The number of carbonyl (C=O) groups excluding carboxylic acids is 1. The van der Waals surface area contributed by atoms with Gasteiger partial charge in [0.05, 0.1) is 4.32 Å². The molecule has 0 spiro atoms. The van der Waals surface area contributed by atoms with Crippen molar-refractivity contribution in [1.29, 1.82) is 0 Å². The largest absolute Gasteiger partial charge is 0.352 e. The topological polar surface area (TPSA) is 29.1 Å². The van der Waals surface area contributed by atoms with Crippen molar-refractivity contribution in [2.24, 2.45) is 5.92 Å². The summed E-state index contributed by atoms with van der Waals surface area (Å²) >= 11 is 3.41. The van der Waals surface area contributed by atoms with Gasteiger partial charge in [0.1, 0.15) is 0 Å². The molecule has 0 radical (unpaired) electrons. The smallest absolute Gasteiger partial charge is 0.236 e. The maximum absolute atomic E-state index is 11.9. The van der Waals surface area contributed by atoms with Crippen molar-refractivity contribution in [1.82, 2.24) is 5.32 Å². The van der Waals surface area contributed by atoms with Gasteiger partial charge in [-0.3, -0.25) is 4.79 Å². The highest BCUT2D eigenvalue weighted by molar-refractivity contribution is 9.10. The van der Waals surface area contributed by atoms with Crippen LogP contribution in [0.4, 0.5) is 0 Å². The Bertz CT molecular complexity index is 229. The van der Waals surface area contributed by atoms with E-state index in [2.05, 4.69) is 28.2 Å². The fourth-order valence-electron chi connectivity index (χ4n) is 2.43. The third-order valence-electron chi connectivity index (χ3n) is 3.52. The van der Waals surface area contributed by atoms with E-state index in [1.165, 1.54) is 32.1 Å².